The van der Waals surface area contributed by atoms with E-state index >= 15 is 0 Å². The molecule has 98 valence electrons. The van der Waals surface area contributed by atoms with Gasteiger partial charge in [-0.05, 0) is 25.0 Å². The molecule has 3 heteroatoms. The molecule has 1 N–H and O–H groups in total. The molecule has 0 amide bonds. The van der Waals surface area contributed by atoms with E-state index in [0.717, 1.165) is 6.42 Å². The highest BCUT2D eigenvalue weighted by molar-refractivity contribution is 5.59. The molecule has 0 radical (unpaired) electrons. The van der Waals surface area contributed by atoms with Crippen LogP contribution in [0.25, 0.3) is 0 Å². The molecule has 0 saturated carbocycles. The van der Waals surface area contributed by atoms with Gasteiger partial charge in [0, 0.05) is 18.3 Å². The summed E-state index contributed by atoms with van der Waals surface area (Å²) >= 11 is 0. The lowest BCUT2D eigenvalue weighted by Gasteiger charge is -2.27. The Labute approximate surface area is 109 Å². The van der Waals surface area contributed by atoms with Crippen molar-refractivity contribution in [3.05, 3.63) is 42.5 Å². The fourth-order valence-electron chi connectivity index (χ4n) is 2.47. The molecule has 0 aromatic heterocycles. The van der Waals surface area contributed by atoms with E-state index in [4.69, 9.17) is 4.74 Å². The topological polar surface area (TPSA) is 32.7 Å². The first-order valence-electron chi connectivity index (χ1n) is 6.43. The van der Waals surface area contributed by atoms with Gasteiger partial charge in [0.25, 0.3) is 0 Å². The summed E-state index contributed by atoms with van der Waals surface area (Å²) in [5.74, 6) is 0. The zero-order valence-corrected chi connectivity index (χ0v) is 10.9. The van der Waals surface area contributed by atoms with Gasteiger partial charge >= 0.3 is 0 Å². The number of hydrogen-bond acceptors (Lipinski definition) is 3. The van der Waals surface area contributed by atoms with Gasteiger partial charge in [0.05, 0.1) is 19.3 Å². The summed E-state index contributed by atoms with van der Waals surface area (Å²) in [6.07, 6.45) is 2.29. The summed E-state index contributed by atoms with van der Waals surface area (Å²) in [5, 5.41) is 9.98. The smallest absolute Gasteiger partial charge is 0.0948 e. The molecule has 18 heavy (non-hydrogen) atoms. The molecule has 1 heterocycles. The summed E-state index contributed by atoms with van der Waals surface area (Å²) in [7, 11) is 0. The largest absolute Gasteiger partial charge is 0.389 e. The van der Waals surface area contributed by atoms with Crippen LogP contribution in [0.3, 0.4) is 0 Å². The van der Waals surface area contributed by atoms with E-state index in [2.05, 4.69) is 36.6 Å². The van der Waals surface area contributed by atoms with Crippen molar-refractivity contribution < 1.29 is 9.84 Å². The van der Waals surface area contributed by atoms with Crippen LogP contribution in [-0.4, -0.2) is 37.0 Å². The van der Waals surface area contributed by atoms with Gasteiger partial charge in [0.15, 0.2) is 0 Å². The van der Waals surface area contributed by atoms with Crippen LogP contribution < -0.4 is 4.90 Å². The molecule has 0 bridgehead atoms. The highest BCUT2D eigenvalue weighted by Gasteiger charge is 2.26. The first-order chi connectivity index (χ1) is 8.72. The average Bonchev–Trinajstić information content (AvgIpc) is 2.67. The normalized spacial score (nSPS) is 19.7. The summed E-state index contributed by atoms with van der Waals surface area (Å²) in [4.78, 5) is 2.26. The second kappa shape index (κ2) is 6.03. The third-order valence-corrected chi connectivity index (χ3v) is 3.30. The summed E-state index contributed by atoms with van der Waals surface area (Å²) in [6.45, 7) is 7.25. The first kappa shape index (κ1) is 13.1. The molecule has 1 aromatic carbocycles. The van der Waals surface area contributed by atoms with E-state index in [1.807, 2.05) is 6.07 Å². The van der Waals surface area contributed by atoms with Crippen molar-refractivity contribution in [3.63, 3.8) is 0 Å². The number of aliphatic hydroxyl groups is 1. The predicted molar refractivity (Wildman–Crippen MR) is 74.0 cm³/mol. The second-order valence-corrected chi connectivity index (χ2v) is 4.81. The molecular formula is C15H21NO2. The monoisotopic (exact) mass is 247 g/mol. The van der Waals surface area contributed by atoms with E-state index in [9.17, 15) is 5.11 Å². The second-order valence-electron chi connectivity index (χ2n) is 4.81. The molecular weight excluding hydrogens is 226 g/mol. The summed E-state index contributed by atoms with van der Waals surface area (Å²) in [5.41, 5.74) is 2.61. The zero-order valence-electron chi connectivity index (χ0n) is 10.9. The van der Waals surface area contributed by atoms with Crippen molar-refractivity contribution in [2.75, 3.05) is 24.7 Å². The maximum absolute atomic E-state index is 9.98. The number of anilines is 1. The third-order valence-electron chi connectivity index (χ3n) is 3.30. The van der Waals surface area contributed by atoms with E-state index in [-0.39, 0.29) is 0 Å². The molecule has 1 aromatic rings. The minimum Gasteiger partial charge on any atom is -0.389 e. The van der Waals surface area contributed by atoms with Gasteiger partial charge in [-0.15, -0.1) is 6.58 Å². The van der Waals surface area contributed by atoms with Crippen LogP contribution in [0.1, 0.15) is 12.5 Å². The fourth-order valence-corrected chi connectivity index (χ4v) is 2.47. The van der Waals surface area contributed by atoms with Crippen LogP contribution in [0, 0.1) is 0 Å². The van der Waals surface area contributed by atoms with Crippen LogP contribution in [-0.2, 0) is 11.2 Å². The standard InChI is InChI=1S/C15H21NO2/c1-3-8-18-11-14(17)10-16-12(2)9-13-6-4-5-7-15(13)16/h3-7,12,14,17H,1,8-11H2,2H3. The molecule has 2 atom stereocenters. The molecule has 1 aliphatic rings. The molecule has 2 rings (SSSR count). The van der Waals surface area contributed by atoms with Crippen LogP contribution >= 0.6 is 0 Å². The summed E-state index contributed by atoms with van der Waals surface area (Å²) < 4.78 is 5.28. The Hall–Kier alpha value is -1.32. The van der Waals surface area contributed by atoms with E-state index in [0.29, 0.717) is 25.8 Å². The highest BCUT2D eigenvalue weighted by atomic mass is 16.5. The minimum absolute atomic E-state index is 0.359. The lowest BCUT2D eigenvalue weighted by atomic mass is 10.1. The fraction of sp³-hybridized carbons (Fsp3) is 0.467. The Morgan fingerprint density at radius 3 is 3.11 bits per heavy atom. The van der Waals surface area contributed by atoms with Crippen molar-refractivity contribution in [2.45, 2.75) is 25.5 Å². The zero-order chi connectivity index (χ0) is 13.0. The maximum Gasteiger partial charge on any atom is 0.0948 e. The maximum atomic E-state index is 9.98. The Morgan fingerprint density at radius 2 is 2.33 bits per heavy atom. The quantitative estimate of drug-likeness (QED) is 0.616. The average molecular weight is 247 g/mol. The molecule has 0 spiro atoms. The number of fused-ring (bicyclic) bond motifs is 1. The van der Waals surface area contributed by atoms with Gasteiger partial charge in [0.2, 0.25) is 0 Å². The van der Waals surface area contributed by atoms with Crippen molar-refractivity contribution in [1.29, 1.82) is 0 Å². The van der Waals surface area contributed by atoms with Crippen LogP contribution in [0.4, 0.5) is 5.69 Å². The number of rotatable bonds is 6. The molecule has 0 saturated heterocycles. The van der Waals surface area contributed by atoms with E-state index < -0.39 is 6.10 Å². The Balaban J connectivity index is 1.95. The Bertz CT molecular complexity index is 405. The molecule has 0 fully saturated rings. The number of nitrogens with zero attached hydrogens (tertiary/aromatic N) is 1. The molecule has 3 nitrogen and oxygen atoms in total. The van der Waals surface area contributed by atoms with Gasteiger partial charge in [-0.3, -0.25) is 0 Å². The number of hydrogen-bond donors (Lipinski definition) is 1. The van der Waals surface area contributed by atoms with Gasteiger partial charge in [-0.25, -0.2) is 0 Å². The van der Waals surface area contributed by atoms with Crippen molar-refractivity contribution in [1.82, 2.24) is 0 Å². The Morgan fingerprint density at radius 1 is 1.56 bits per heavy atom. The number of ether oxygens (including phenoxy) is 1. The molecule has 2 unspecified atom stereocenters. The molecule has 0 aliphatic carbocycles. The highest BCUT2D eigenvalue weighted by Crippen LogP contribution is 2.31. The van der Waals surface area contributed by atoms with Gasteiger partial charge in [-0.2, -0.15) is 0 Å². The first-order valence-corrected chi connectivity index (χ1v) is 6.43. The predicted octanol–water partition coefficient (Wildman–Crippen LogP) is 2.00. The van der Waals surface area contributed by atoms with Gasteiger partial charge in [-0.1, -0.05) is 24.3 Å². The van der Waals surface area contributed by atoms with E-state index in [1.165, 1.54) is 11.3 Å². The van der Waals surface area contributed by atoms with Crippen LogP contribution in [0.2, 0.25) is 0 Å². The number of benzene rings is 1. The van der Waals surface area contributed by atoms with Gasteiger partial charge < -0.3 is 14.7 Å². The van der Waals surface area contributed by atoms with Crippen LogP contribution in [0.5, 0.6) is 0 Å². The number of para-hydroxylation sites is 1. The molecule has 1 aliphatic heterocycles. The lowest BCUT2D eigenvalue weighted by molar-refractivity contribution is 0.0526. The minimum atomic E-state index is -0.460. The number of aliphatic hydroxyl groups excluding tert-OH is 1. The summed E-state index contributed by atoms with van der Waals surface area (Å²) in [6, 6.07) is 8.84. The number of β-amino-alcohol motifs (C(OH)–C–C–N with tert-alkyl or cyclic N) is 1. The SMILES string of the molecule is C=CCOCC(O)CN1c2ccccc2CC1C. The third kappa shape index (κ3) is 2.92. The van der Waals surface area contributed by atoms with E-state index in [1.54, 1.807) is 6.08 Å². The van der Waals surface area contributed by atoms with Crippen molar-refractivity contribution in [3.8, 4) is 0 Å². The van der Waals surface area contributed by atoms with Crippen molar-refractivity contribution >= 4 is 5.69 Å². The Kier molecular flexibility index (Phi) is 4.39. The lowest BCUT2D eigenvalue weighted by Crippen LogP contribution is -2.38. The van der Waals surface area contributed by atoms with Gasteiger partial charge in [0.1, 0.15) is 0 Å². The van der Waals surface area contributed by atoms with Crippen molar-refractivity contribution in [2.24, 2.45) is 0 Å². The van der Waals surface area contributed by atoms with Crippen LogP contribution in [0.15, 0.2) is 36.9 Å².